The number of aliphatic carboxylic acids is 1. The first-order valence-corrected chi connectivity index (χ1v) is 8.22. The number of hydrogen-bond donors (Lipinski definition) is 2. The molecule has 19 heavy (non-hydrogen) atoms. The molecule has 2 N–H and O–H groups in total. The molecule has 0 bridgehead atoms. The highest BCUT2D eigenvalue weighted by molar-refractivity contribution is 8.00. The largest absolute Gasteiger partial charge is 0.480 e. The van der Waals surface area contributed by atoms with E-state index in [0.29, 0.717) is 6.54 Å². The minimum Gasteiger partial charge on any atom is -0.480 e. The number of sulfonamides is 1. The van der Waals surface area contributed by atoms with Crippen molar-refractivity contribution in [2.75, 3.05) is 6.54 Å². The summed E-state index contributed by atoms with van der Waals surface area (Å²) in [6.45, 7) is 3.87. The third-order valence-electron chi connectivity index (χ3n) is 2.34. The van der Waals surface area contributed by atoms with Gasteiger partial charge in [-0.15, -0.1) is 11.8 Å². The Kier molecular flexibility index (Phi) is 5.84. The van der Waals surface area contributed by atoms with E-state index >= 15 is 0 Å². The lowest BCUT2D eigenvalue weighted by Crippen LogP contribution is -2.24. The van der Waals surface area contributed by atoms with Gasteiger partial charge in [0.25, 0.3) is 0 Å². The summed E-state index contributed by atoms with van der Waals surface area (Å²) >= 11 is 1.17. The lowest BCUT2D eigenvalue weighted by atomic mass is 10.4. The van der Waals surface area contributed by atoms with Crippen molar-refractivity contribution in [2.45, 2.75) is 35.3 Å². The van der Waals surface area contributed by atoms with Crippen molar-refractivity contribution in [1.29, 1.82) is 0 Å². The highest BCUT2D eigenvalue weighted by Crippen LogP contribution is 2.24. The normalized spacial score (nSPS) is 13.2. The number of benzene rings is 1. The Labute approximate surface area is 117 Å². The second-order valence-electron chi connectivity index (χ2n) is 3.97. The molecular weight excluding hydrogens is 286 g/mol. The lowest BCUT2D eigenvalue weighted by molar-refractivity contribution is -0.136. The van der Waals surface area contributed by atoms with Gasteiger partial charge in [0.15, 0.2) is 0 Å². The van der Waals surface area contributed by atoms with Gasteiger partial charge in [-0.25, -0.2) is 13.1 Å². The molecule has 0 spiro atoms. The highest BCUT2D eigenvalue weighted by Gasteiger charge is 2.15. The van der Waals surface area contributed by atoms with E-state index in [2.05, 4.69) is 4.72 Å². The number of rotatable bonds is 7. The van der Waals surface area contributed by atoms with Crippen LogP contribution in [0.15, 0.2) is 34.1 Å². The monoisotopic (exact) mass is 303 g/mol. The molecule has 1 aromatic rings. The topological polar surface area (TPSA) is 83.5 Å². The van der Waals surface area contributed by atoms with Crippen LogP contribution in [0.25, 0.3) is 0 Å². The van der Waals surface area contributed by atoms with Gasteiger partial charge >= 0.3 is 5.97 Å². The first-order valence-electron chi connectivity index (χ1n) is 5.86. The average Bonchev–Trinajstić information content (AvgIpc) is 2.37. The number of hydrogen-bond acceptors (Lipinski definition) is 4. The molecule has 0 radical (unpaired) electrons. The van der Waals surface area contributed by atoms with E-state index in [1.165, 1.54) is 23.9 Å². The van der Waals surface area contributed by atoms with Crippen LogP contribution in [-0.4, -0.2) is 31.3 Å². The molecule has 0 heterocycles. The highest BCUT2D eigenvalue weighted by atomic mass is 32.2. The molecule has 0 saturated heterocycles. The van der Waals surface area contributed by atoms with Crippen LogP contribution in [-0.2, 0) is 14.8 Å². The van der Waals surface area contributed by atoms with Gasteiger partial charge < -0.3 is 5.11 Å². The van der Waals surface area contributed by atoms with E-state index in [1.54, 1.807) is 19.1 Å². The van der Waals surface area contributed by atoms with Gasteiger partial charge in [-0.3, -0.25) is 4.79 Å². The Morgan fingerprint density at radius 1 is 1.37 bits per heavy atom. The maximum atomic E-state index is 11.8. The van der Waals surface area contributed by atoms with E-state index < -0.39 is 21.2 Å². The molecule has 1 atom stereocenters. The molecule has 0 aliphatic rings. The summed E-state index contributed by atoms with van der Waals surface area (Å²) in [4.78, 5) is 11.6. The van der Waals surface area contributed by atoms with E-state index in [4.69, 9.17) is 5.11 Å². The molecule has 0 amide bonds. The van der Waals surface area contributed by atoms with Crippen LogP contribution in [0.1, 0.15) is 20.3 Å². The third-order valence-corrected chi connectivity index (χ3v) is 4.91. The van der Waals surface area contributed by atoms with Crippen molar-refractivity contribution < 1.29 is 18.3 Å². The van der Waals surface area contributed by atoms with Crippen molar-refractivity contribution in [2.24, 2.45) is 0 Å². The fourth-order valence-corrected chi connectivity index (χ4v) is 3.21. The van der Waals surface area contributed by atoms with Crippen LogP contribution in [0.2, 0.25) is 0 Å². The fraction of sp³-hybridized carbons (Fsp3) is 0.417. The molecule has 0 aliphatic carbocycles. The second kappa shape index (κ2) is 6.93. The Bertz CT molecular complexity index is 525. The van der Waals surface area contributed by atoms with Gasteiger partial charge in [-0.1, -0.05) is 6.92 Å². The Morgan fingerprint density at radius 2 is 1.95 bits per heavy atom. The van der Waals surface area contributed by atoms with Gasteiger partial charge in [0.2, 0.25) is 10.0 Å². The summed E-state index contributed by atoms with van der Waals surface area (Å²) < 4.78 is 26.1. The number of nitrogens with one attached hydrogen (secondary N) is 1. The minimum atomic E-state index is -3.46. The van der Waals surface area contributed by atoms with E-state index in [1.807, 2.05) is 6.92 Å². The summed E-state index contributed by atoms with van der Waals surface area (Å²) in [6, 6.07) is 6.19. The SMILES string of the molecule is CCCNS(=O)(=O)c1ccc(SC(C)C(=O)O)cc1. The molecule has 0 fully saturated rings. The maximum absolute atomic E-state index is 11.8. The quantitative estimate of drug-likeness (QED) is 0.752. The zero-order valence-corrected chi connectivity index (χ0v) is 12.4. The van der Waals surface area contributed by atoms with Gasteiger partial charge in [-0.05, 0) is 37.6 Å². The molecule has 0 saturated carbocycles. The first kappa shape index (κ1) is 16.0. The van der Waals surface area contributed by atoms with Crippen molar-refractivity contribution in [3.8, 4) is 0 Å². The first-order chi connectivity index (χ1) is 8.86. The van der Waals surface area contributed by atoms with Gasteiger partial charge in [0, 0.05) is 11.4 Å². The number of carboxylic acid groups (broad SMARTS) is 1. The lowest BCUT2D eigenvalue weighted by Gasteiger charge is -2.08. The predicted octanol–water partition coefficient (Wildman–Crippen LogP) is 1.94. The summed E-state index contributed by atoms with van der Waals surface area (Å²) in [6.07, 6.45) is 0.725. The summed E-state index contributed by atoms with van der Waals surface area (Å²) in [5.74, 6) is -0.897. The van der Waals surface area contributed by atoms with Crippen LogP contribution in [0.3, 0.4) is 0 Å². The Hall–Kier alpha value is -1.05. The zero-order chi connectivity index (χ0) is 14.5. The van der Waals surface area contributed by atoms with Gasteiger partial charge in [0.1, 0.15) is 5.25 Å². The van der Waals surface area contributed by atoms with Crippen molar-refractivity contribution in [3.63, 3.8) is 0 Å². The van der Waals surface area contributed by atoms with Crippen LogP contribution < -0.4 is 4.72 Å². The Morgan fingerprint density at radius 3 is 2.42 bits per heavy atom. The van der Waals surface area contributed by atoms with E-state index in [9.17, 15) is 13.2 Å². The van der Waals surface area contributed by atoms with Gasteiger partial charge in [-0.2, -0.15) is 0 Å². The average molecular weight is 303 g/mol. The van der Waals surface area contributed by atoms with Crippen LogP contribution >= 0.6 is 11.8 Å². The van der Waals surface area contributed by atoms with Crippen LogP contribution in [0.4, 0.5) is 0 Å². The second-order valence-corrected chi connectivity index (χ2v) is 7.15. The van der Waals surface area contributed by atoms with Gasteiger partial charge in [0.05, 0.1) is 4.90 Å². The van der Waals surface area contributed by atoms with Crippen molar-refractivity contribution in [3.05, 3.63) is 24.3 Å². The summed E-state index contributed by atoms with van der Waals surface area (Å²) in [5.41, 5.74) is 0. The van der Waals surface area contributed by atoms with E-state index in [0.717, 1.165) is 11.3 Å². The van der Waals surface area contributed by atoms with E-state index in [-0.39, 0.29) is 4.90 Å². The van der Waals surface area contributed by atoms with Crippen molar-refractivity contribution >= 4 is 27.8 Å². The standard InChI is InChI=1S/C12H17NO4S2/c1-3-8-13-19(16,17)11-6-4-10(5-7-11)18-9(2)12(14)15/h4-7,9,13H,3,8H2,1-2H3,(H,14,15). The molecule has 0 aliphatic heterocycles. The molecule has 1 aromatic carbocycles. The zero-order valence-electron chi connectivity index (χ0n) is 10.8. The Balaban J connectivity index is 2.79. The summed E-state index contributed by atoms with van der Waals surface area (Å²) in [7, 11) is -3.46. The molecule has 1 rings (SSSR count). The maximum Gasteiger partial charge on any atom is 0.316 e. The van der Waals surface area contributed by atoms with Crippen molar-refractivity contribution in [1.82, 2.24) is 4.72 Å². The minimum absolute atomic E-state index is 0.188. The number of carboxylic acids is 1. The van der Waals surface area contributed by atoms with Crippen LogP contribution in [0, 0.1) is 0 Å². The van der Waals surface area contributed by atoms with Crippen LogP contribution in [0.5, 0.6) is 0 Å². The molecule has 7 heteroatoms. The number of thioether (sulfide) groups is 1. The molecule has 5 nitrogen and oxygen atoms in total. The predicted molar refractivity (Wildman–Crippen MR) is 74.9 cm³/mol. The molecular formula is C12H17NO4S2. The number of carbonyl (C=O) groups is 1. The fourth-order valence-electron chi connectivity index (χ4n) is 1.27. The smallest absolute Gasteiger partial charge is 0.316 e. The molecule has 0 aromatic heterocycles. The molecule has 106 valence electrons. The molecule has 1 unspecified atom stereocenters. The summed E-state index contributed by atoms with van der Waals surface area (Å²) in [5, 5.41) is 8.23. The third kappa shape index (κ3) is 4.85.